The van der Waals surface area contributed by atoms with Crippen LogP contribution in [-0.2, 0) is 32.5 Å². The lowest BCUT2D eigenvalue weighted by Gasteiger charge is -2.12. The molecule has 1 N–H and O–H groups in total. The third-order valence-electron chi connectivity index (χ3n) is 1.81. The van der Waals surface area contributed by atoms with Gasteiger partial charge in [-0.15, -0.1) is 0 Å². The molecule has 24 heavy (non-hydrogen) atoms. The number of carboxylic acid groups (broad SMARTS) is 1. The molecule has 0 fully saturated rings. The lowest BCUT2D eigenvalue weighted by atomic mass is 10.2. The van der Waals surface area contributed by atoms with Gasteiger partial charge in [-0.25, -0.2) is 0 Å². The van der Waals surface area contributed by atoms with E-state index in [1.807, 2.05) is 20.8 Å². The number of ketones is 3. The van der Waals surface area contributed by atoms with Crippen LogP contribution in [0.15, 0.2) is 0 Å². The van der Waals surface area contributed by atoms with E-state index in [1.54, 1.807) is 0 Å². The molecule has 0 unspecified atom stereocenters. The molecule has 0 heterocycles. The average Bonchev–Trinajstić information content (AvgIpc) is 2.37. The van der Waals surface area contributed by atoms with Crippen molar-refractivity contribution in [1.82, 2.24) is 0 Å². The Balaban J connectivity index is -0.000000283. The molecule has 0 aliphatic heterocycles. The highest BCUT2D eigenvalue weighted by molar-refractivity contribution is 6.36. The summed E-state index contributed by atoms with van der Waals surface area (Å²) in [5.41, 5.74) is 0. The van der Waals surface area contributed by atoms with Crippen LogP contribution in [0.25, 0.3) is 0 Å². The van der Waals surface area contributed by atoms with Gasteiger partial charge in [0.25, 0.3) is 0 Å². The van der Waals surface area contributed by atoms with Crippen LogP contribution in [0.5, 0.6) is 0 Å². The summed E-state index contributed by atoms with van der Waals surface area (Å²) in [7, 11) is -1.73. The summed E-state index contributed by atoms with van der Waals surface area (Å²) >= 11 is 0. The fourth-order valence-electron chi connectivity index (χ4n) is 1.12. The van der Waals surface area contributed by atoms with E-state index in [0.29, 0.717) is 19.8 Å². The number of aliphatic carboxylic acids is 1. The van der Waals surface area contributed by atoms with Crippen LogP contribution < -0.4 is 0 Å². The molecule has 0 aromatic rings. The minimum absolute atomic E-state index is 0.0625. The Hall–Kier alpha value is -1.42. The predicted octanol–water partition coefficient (Wildman–Crippen LogP) is 1.42. The maximum Gasteiger partial charge on any atom is 0.484 e. The van der Waals surface area contributed by atoms with Crippen molar-refractivity contribution in [1.29, 1.82) is 0 Å². The van der Waals surface area contributed by atoms with Gasteiger partial charge < -0.3 is 18.4 Å². The zero-order valence-corrected chi connectivity index (χ0v) is 16.6. The standard InChI is InChI=1S/C6H16O3Si.C5H8O2.C4H6O3/c1-4-7-10(8-5-2)9-6-3;1-4(6)3-5(2)7;1-3(5)2-4(6)7/h10H,4-6H2,1-3H3;3H2,1-2H3;2H2,1H3,(H,6,7). The topological polar surface area (TPSA) is 116 Å². The summed E-state index contributed by atoms with van der Waals surface area (Å²) in [6.45, 7) is 11.9. The lowest BCUT2D eigenvalue weighted by molar-refractivity contribution is -0.139. The smallest absolute Gasteiger partial charge is 0.481 e. The monoisotopic (exact) mass is 366 g/mol. The van der Waals surface area contributed by atoms with Crippen molar-refractivity contribution in [3.8, 4) is 0 Å². The van der Waals surface area contributed by atoms with Crippen LogP contribution in [0.3, 0.4) is 0 Å². The molecule has 8 nitrogen and oxygen atoms in total. The van der Waals surface area contributed by atoms with Crippen LogP contribution in [0.4, 0.5) is 0 Å². The quantitative estimate of drug-likeness (QED) is 0.456. The molecule has 0 saturated heterocycles. The van der Waals surface area contributed by atoms with Crippen molar-refractivity contribution >= 4 is 32.8 Å². The normalized spacial score (nSPS) is 9.29. The number of carbonyl (C=O) groups is 4. The van der Waals surface area contributed by atoms with E-state index < -0.39 is 15.5 Å². The van der Waals surface area contributed by atoms with Gasteiger partial charge in [-0.1, -0.05) is 0 Å². The molecule has 0 aromatic heterocycles. The van der Waals surface area contributed by atoms with E-state index >= 15 is 0 Å². The number of hydrogen-bond donors (Lipinski definition) is 1. The van der Waals surface area contributed by atoms with Gasteiger partial charge in [0.2, 0.25) is 0 Å². The van der Waals surface area contributed by atoms with E-state index in [9.17, 15) is 19.2 Å². The van der Waals surface area contributed by atoms with Gasteiger partial charge in [0.15, 0.2) is 0 Å². The number of hydrogen-bond acceptors (Lipinski definition) is 7. The van der Waals surface area contributed by atoms with Gasteiger partial charge in [-0.3, -0.25) is 19.2 Å². The summed E-state index contributed by atoms with van der Waals surface area (Å²) in [5.74, 6) is -1.50. The molecule has 9 heteroatoms. The number of Topliss-reactive ketones (excluding diaryl/α,β-unsaturated/α-hetero) is 3. The van der Waals surface area contributed by atoms with E-state index in [2.05, 4.69) is 0 Å². The third kappa shape index (κ3) is 32.5. The second kappa shape index (κ2) is 19.6. The summed E-state index contributed by atoms with van der Waals surface area (Å²) in [5, 5.41) is 7.86. The molecule has 0 spiro atoms. The lowest BCUT2D eigenvalue weighted by Crippen LogP contribution is -2.27. The maximum absolute atomic E-state index is 10.0. The van der Waals surface area contributed by atoms with Gasteiger partial charge in [0.05, 0.1) is 6.42 Å². The first kappa shape index (κ1) is 27.4. The second-order valence-corrected chi connectivity index (χ2v) is 6.09. The van der Waals surface area contributed by atoms with Crippen molar-refractivity contribution in [2.75, 3.05) is 19.8 Å². The van der Waals surface area contributed by atoms with Crippen LogP contribution in [0.2, 0.25) is 0 Å². The van der Waals surface area contributed by atoms with Crippen LogP contribution in [-0.4, -0.2) is 57.8 Å². The highest BCUT2D eigenvalue weighted by Crippen LogP contribution is 1.91. The molecular formula is C15H30O8Si. The maximum atomic E-state index is 10.0. The zero-order valence-electron chi connectivity index (χ0n) is 15.4. The molecule has 0 amide bonds. The highest BCUT2D eigenvalue weighted by Gasteiger charge is 2.11. The Bertz CT molecular complexity index is 306. The Morgan fingerprint density at radius 2 is 1.00 bits per heavy atom. The fourth-order valence-corrected chi connectivity index (χ4v) is 2.22. The summed E-state index contributed by atoms with van der Waals surface area (Å²) < 4.78 is 15.7. The molecule has 0 bridgehead atoms. The van der Waals surface area contributed by atoms with Gasteiger partial charge in [-0.2, -0.15) is 0 Å². The molecule has 0 saturated carbocycles. The van der Waals surface area contributed by atoms with Crippen molar-refractivity contribution in [2.45, 2.75) is 54.4 Å². The zero-order chi connectivity index (χ0) is 19.5. The van der Waals surface area contributed by atoms with Crippen molar-refractivity contribution in [2.24, 2.45) is 0 Å². The molecule has 0 aliphatic rings. The van der Waals surface area contributed by atoms with Gasteiger partial charge in [0, 0.05) is 19.8 Å². The molecule has 0 rings (SSSR count). The van der Waals surface area contributed by atoms with Crippen LogP contribution in [0, 0.1) is 0 Å². The minimum atomic E-state index is -1.73. The second-order valence-electron chi connectivity index (χ2n) is 4.51. The molecule has 142 valence electrons. The number of rotatable bonds is 10. The van der Waals surface area contributed by atoms with Crippen LogP contribution in [0.1, 0.15) is 54.4 Å². The van der Waals surface area contributed by atoms with Crippen molar-refractivity contribution < 1.29 is 37.6 Å². The molecule has 0 aliphatic carbocycles. The van der Waals surface area contributed by atoms with Crippen molar-refractivity contribution in [3.05, 3.63) is 0 Å². The highest BCUT2D eigenvalue weighted by atomic mass is 28.3. The summed E-state index contributed by atoms with van der Waals surface area (Å²) in [6, 6.07) is 0. The largest absolute Gasteiger partial charge is 0.484 e. The summed E-state index contributed by atoms with van der Waals surface area (Å²) in [6.07, 6.45) is -0.278. The minimum Gasteiger partial charge on any atom is -0.481 e. The first-order valence-electron chi connectivity index (χ1n) is 7.65. The van der Waals surface area contributed by atoms with Gasteiger partial charge in [0.1, 0.15) is 23.8 Å². The average molecular weight is 366 g/mol. The Kier molecular flexibility index (Phi) is 22.4. The van der Waals surface area contributed by atoms with Gasteiger partial charge in [-0.05, 0) is 41.5 Å². The predicted molar refractivity (Wildman–Crippen MR) is 90.9 cm³/mol. The first-order valence-corrected chi connectivity index (χ1v) is 9.06. The molecule has 0 aromatic carbocycles. The van der Waals surface area contributed by atoms with E-state index in [4.69, 9.17) is 18.4 Å². The van der Waals surface area contributed by atoms with Gasteiger partial charge >= 0.3 is 15.5 Å². The molecular weight excluding hydrogens is 336 g/mol. The number of carboxylic acids is 1. The van der Waals surface area contributed by atoms with E-state index in [1.165, 1.54) is 20.8 Å². The molecule has 0 atom stereocenters. The molecule has 0 radical (unpaired) electrons. The first-order chi connectivity index (χ1) is 11.1. The Labute approximate surface area is 145 Å². The van der Waals surface area contributed by atoms with Crippen molar-refractivity contribution in [3.63, 3.8) is 0 Å². The SMILES string of the molecule is CC(=O)CC(=O)O.CC(=O)CC(C)=O.CCO[SiH](OCC)OCC. The van der Waals surface area contributed by atoms with E-state index in [0.717, 1.165) is 0 Å². The fraction of sp³-hybridized carbons (Fsp3) is 0.733. The number of carbonyl (C=O) groups excluding carboxylic acids is 3. The Morgan fingerprint density at radius 3 is 1.08 bits per heavy atom. The van der Waals surface area contributed by atoms with E-state index in [-0.39, 0.29) is 30.2 Å². The Morgan fingerprint density at radius 1 is 0.708 bits per heavy atom. The third-order valence-corrected chi connectivity index (χ3v) is 3.62. The van der Waals surface area contributed by atoms with Crippen LogP contribution >= 0.6 is 0 Å². The summed E-state index contributed by atoms with van der Waals surface area (Å²) in [4.78, 5) is 39.5.